The zero-order chi connectivity index (χ0) is 94.4. The average Bonchev–Trinajstić information content (AvgIpc) is 0.819. The fourth-order valence-corrected chi connectivity index (χ4v) is 16.6. The molecule has 3 atom stereocenters. The van der Waals surface area contributed by atoms with Gasteiger partial charge in [0.15, 0.2) is 54.0 Å². The standard InChI is InChI=1S/C18H20IO4.2C17H18IO3.C17H20O4S.2C10H17F3O5S/c1-18(2,3)23-17(20)22-13-21-16-11-9-15(10-12-16)19-14-7-5-4-6-8-14;2*1-17(2,3)21-16(19)20-15-11-9-14(10-12-15)18-13-7-5-4-6-8-13;1-3-13(2)15-6-4-14(5-7-15)12-21-16-8-10-17(11-9-16)22(18,19)20;2*1-4-9(2,3)8(14)18-6-5-7(11)10(12,13)19(15,16)17/h4-12H,13H2,1-3H3;2*4-12H,1-3H3;4-11,13H,3,12H2,1-2H3,(H,18,19,20);2*7H,4-6H2,1-3H3,(H,15,16,17)/q3*+1;;;/p-3. The van der Waals surface area contributed by atoms with Gasteiger partial charge in [0.1, 0.15) is 56.5 Å². The highest BCUT2D eigenvalue weighted by molar-refractivity contribution is 7.87. The monoisotopic (exact) mass is 2150 g/mol. The Morgan fingerprint density at radius 2 is 0.680 bits per heavy atom. The molecule has 0 radical (unpaired) electrons. The van der Waals surface area contributed by atoms with Gasteiger partial charge in [0.05, 0.1) is 28.9 Å². The number of esters is 2. The van der Waals surface area contributed by atoms with Gasteiger partial charge in [-0.3, -0.25) is 9.59 Å². The molecule has 0 aliphatic rings. The Labute approximate surface area is 760 Å². The first-order valence-corrected chi connectivity index (χ1v) is 49.4. The van der Waals surface area contributed by atoms with Crippen molar-refractivity contribution in [3.05, 3.63) is 245 Å². The van der Waals surface area contributed by atoms with Crippen molar-refractivity contribution in [1.82, 2.24) is 0 Å². The van der Waals surface area contributed by atoms with Gasteiger partial charge in [0.25, 0.3) is 0 Å². The van der Waals surface area contributed by atoms with Gasteiger partial charge >= 0.3 is 105 Å². The van der Waals surface area contributed by atoms with Gasteiger partial charge in [0, 0.05) is 12.8 Å². The normalized spacial score (nSPS) is 12.6. The lowest BCUT2D eigenvalue weighted by Gasteiger charge is -2.24. The highest BCUT2D eigenvalue weighted by atomic mass is 127. The van der Waals surface area contributed by atoms with Gasteiger partial charge in [-0.15, -0.1) is 0 Å². The molecule has 8 aromatic rings. The first kappa shape index (κ1) is 111. The minimum absolute atomic E-state index is 0.165. The van der Waals surface area contributed by atoms with Crippen LogP contribution in [0.5, 0.6) is 23.0 Å². The SMILES string of the molecule is CC(C)(C)OC(=O)OCOc1ccc([I+]c2ccccc2)cc1.CC(C)(C)OC(=O)Oc1ccc([I+]c2ccccc2)cc1.CC(C)(C)OC(=O)Oc1ccc([I+]c2ccccc2)cc1.CCC(C)(C)C(=O)OCCC(F)C(F)(F)S(=O)(=O)[O-].CCC(C)(C)C(=O)OCCC(F)C(F)(F)S(=O)(=O)[O-].CCC(C)c1ccc(COc2ccc(S(=O)(=O)[O-])cc2)cc1. The predicted molar refractivity (Wildman–Crippen MR) is 440 cm³/mol. The van der Waals surface area contributed by atoms with Crippen LogP contribution in [0.2, 0.25) is 0 Å². The molecule has 36 heteroatoms. The van der Waals surface area contributed by atoms with Crippen LogP contribution in [0.25, 0.3) is 0 Å². The fourth-order valence-electron chi connectivity index (χ4n) is 8.58. The summed E-state index contributed by atoms with van der Waals surface area (Å²) in [5.74, 6) is 1.31. The van der Waals surface area contributed by atoms with Gasteiger partial charge in [-0.25, -0.2) is 48.4 Å². The van der Waals surface area contributed by atoms with E-state index in [1.54, 1.807) is 62.3 Å². The lowest BCUT2D eigenvalue weighted by atomic mass is 9.91. The molecule has 0 amide bonds. The Morgan fingerprint density at radius 3 is 0.976 bits per heavy atom. The molecule has 0 heterocycles. The van der Waals surface area contributed by atoms with E-state index in [1.807, 2.05) is 145 Å². The third kappa shape index (κ3) is 44.3. The van der Waals surface area contributed by atoms with Crippen LogP contribution in [0.1, 0.15) is 167 Å². The van der Waals surface area contributed by atoms with Crippen LogP contribution >= 0.6 is 0 Å². The highest BCUT2D eigenvalue weighted by Crippen LogP contribution is 2.32. The molecule has 24 nitrogen and oxygen atoms in total. The molecule has 0 spiro atoms. The first-order chi connectivity index (χ1) is 57.9. The van der Waals surface area contributed by atoms with E-state index in [-0.39, 0.29) is 75.3 Å². The molecule has 688 valence electrons. The van der Waals surface area contributed by atoms with E-state index in [2.05, 4.69) is 108 Å². The van der Waals surface area contributed by atoms with Crippen molar-refractivity contribution in [2.45, 2.75) is 207 Å². The van der Waals surface area contributed by atoms with E-state index in [4.69, 9.17) is 37.9 Å². The summed E-state index contributed by atoms with van der Waals surface area (Å²) in [4.78, 5) is 57.1. The number of ether oxygens (including phenoxy) is 10. The van der Waals surface area contributed by atoms with Gasteiger partial charge in [-0.05, 0) is 260 Å². The van der Waals surface area contributed by atoms with Crippen molar-refractivity contribution >= 4 is 60.8 Å². The lowest BCUT2D eigenvalue weighted by molar-refractivity contribution is -0.597. The molecule has 3 unspecified atom stereocenters. The summed E-state index contributed by atoms with van der Waals surface area (Å²) in [6.45, 7) is 28.9. The zero-order valence-corrected chi connectivity index (χ0v) is 81.1. The second-order valence-corrected chi connectivity index (χ2v) is 44.5. The number of hydrogen-bond donors (Lipinski definition) is 0. The van der Waals surface area contributed by atoms with Crippen molar-refractivity contribution in [2.75, 3.05) is 20.0 Å². The maximum atomic E-state index is 13.0. The number of halogens is 9. The number of hydrogen-bond acceptors (Lipinski definition) is 24. The predicted octanol–water partition coefficient (Wildman–Crippen LogP) is 10.7. The van der Waals surface area contributed by atoms with Crippen LogP contribution in [-0.2, 0) is 75.0 Å². The van der Waals surface area contributed by atoms with Crippen molar-refractivity contribution in [3.63, 3.8) is 0 Å². The van der Waals surface area contributed by atoms with Gasteiger partial charge < -0.3 is 61.0 Å². The second kappa shape index (κ2) is 51.6. The van der Waals surface area contributed by atoms with E-state index in [0.29, 0.717) is 48.4 Å². The van der Waals surface area contributed by atoms with Crippen LogP contribution in [0, 0.1) is 32.3 Å². The number of carbonyl (C=O) groups is 5. The molecule has 0 bridgehead atoms. The smallest absolute Gasteiger partial charge is 0.514 e. The van der Waals surface area contributed by atoms with Crippen molar-refractivity contribution < 1.29 is 200 Å². The van der Waals surface area contributed by atoms with Crippen LogP contribution in [-0.4, -0.2) is 129 Å². The molecule has 0 N–H and O–H groups in total. The van der Waals surface area contributed by atoms with E-state index >= 15 is 0 Å². The molecule has 0 fully saturated rings. The van der Waals surface area contributed by atoms with E-state index < -0.39 is 137 Å². The Bertz CT molecular complexity index is 4760. The maximum absolute atomic E-state index is 13.0. The summed E-state index contributed by atoms with van der Waals surface area (Å²) in [5, 5.41) is -10.1. The molecule has 0 saturated heterocycles. The van der Waals surface area contributed by atoms with Crippen molar-refractivity contribution in [3.8, 4) is 23.0 Å². The van der Waals surface area contributed by atoms with E-state index in [0.717, 1.165) is 12.0 Å². The summed E-state index contributed by atoms with van der Waals surface area (Å²) in [7, 11) is -16.6. The van der Waals surface area contributed by atoms with Crippen LogP contribution in [0.15, 0.2) is 217 Å². The molecule has 8 rings (SSSR count). The summed E-state index contributed by atoms with van der Waals surface area (Å²) >= 11 is -0.585. The summed E-state index contributed by atoms with van der Waals surface area (Å²) < 4.78 is 229. The third-order valence-corrected chi connectivity index (χ3v) is 27.2. The number of carbonyl (C=O) groups excluding carboxylic acids is 5. The summed E-state index contributed by atoms with van der Waals surface area (Å²) in [6.07, 6.45) is -8.69. The van der Waals surface area contributed by atoms with E-state index in [1.165, 1.54) is 51.3 Å². The van der Waals surface area contributed by atoms with Crippen molar-refractivity contribution in [1.29, 1.82) is 0 Å². The minimum Gasteiger partial charge on any atom is -0.744 e. The van der Waals surface area contributed by atoms with E-state index in [9.17, 15) is 89.2 Å². The molecule has 0 saturated carbocycles. The second-order valence-electron chi connectivity index (χ2n) is 31.1. The molecule has 0 aliphatic carbocycles. The maximum Gasteiger partial charge on any atom is 0.514 e. The Balaban J connectivity index is 0.000000388. The molecular formula is C89H107F6I3O24S3. The number of rotatable bonds is 31. The third-order valence-electron chi connectivity index (χ3n) is 16.4. The van der Waals surface area contributed by atoms with Crippen molar-refractivity contribution in [2.24, 2.45) is 10.8 Å². The summed E-state index contributed by atoms with van der Waals surface area (Å²) in [6, 6.07) is 68.0. The average molecular weight is 2150 g/mol. The number of alkyl halides is 6. The Hall–Kier alpha value is -8.39. The Morgan fingerprint density at radius 1 is 0.384 bits per heavy atom. The number of benzene rings is 8. The van der Waals surface area contributed by atoms with Gasteiger partial charge in [-0.1, -0.05) is 107 Å². The Kier molecular flexibility index (Phi) is 45.7. The van der Waals surface area contributed by atoms with Crippen LogP contribution < -0.4 is 82.6 Å². The molecule has 0 aromatic heterocycles. The molecule has 8 aromatic carbocycles. The topological polar surface area (TPSA) is 349 Å². The quantitative estimate of drug-likeness (QED) is 0.00741. The first-order valence-electron chi connectivity index (χ1n) is 38.7. The lowest BCUT2D eigenvalue weighted by Crippen LogP contribution is -3.61. The zero-order valence-electron chi connectivity index (χ0n) is 72.2. The van der Waals surface area contributed by atoms with Crippen LogP contribution in [0.4, 0.5) is 40.7 Å². The van der Waals surface area contributed by atoms with Crippen LogP contribution in [0.3, 0.4) is 0 Å². The fraction of sp³-hybridized carbons (Fsp3) is 0.404. The molecular weight excluding hydrogens is 2040 g/mol. The van der Waals surface area contributed by atoms with Gasteiger partial charge in [0.2, 0.25) is 6.79 Å². The van der Waals surface area contributed by atoms with Gasteiger partial charge in [-0.2, -0.15) is 17.6 Å². The molecule has 0 aliphatic heterocycles. The summed E-state index contributed by atoms with van der Waals surface area (Å²) in [5.41, 5.74) is -1.02. The largest absolute Gasteiger partial charge is 0.744 e. The highest BCUT2D eigenvalue weighted by Gasteiger charge is 2.48. The minimum atomic E-state index is -6.08. The molecule has 125 heavy (non-hydrogen) atoms.